The third-order valence-electron chi connectivity index (χ3n) is 6.10. The number of ether oxygens (including phenoxy) is 2. The largest absolute Gasteiger partial charge is 0.494 e. The second-order valence-electron chi connectivity index (χ2n) is 8.90. The van der Waals surface area contributed by atoms with E-state index in [0.717, 1.165) is 47.2 Å². The summed E-state index contributed by atoms with van der Waals surface area (Å²) in [7, 11) is 0. The van der Waals surface area contributed by atoms with Gasteiger partial charge >= 0.3 is 6.09 Å². The maximum Gasteiger partial charge on any atom is 0.411 e. The molecule has 2 N–H and O–H groups in total. The fraction of sp³-hybridized carbons (Fsp3) is 0.407. The monoisotopic (exact) mass is 461 g/mol. The van der Waals surface area contributed by atoms with Crippen LogP contribution in [0.25, 0.3) is 22.2 Å². The highest BCUT2D eigenvalue weighted by atomic mass is 16.6. The molecule has 1 amide bonds. The number of benzene rings is 2. The summed E-state index contributed by atoms with van der Waals surface area (Å²) in [6.45, 7) is 4.31. The van der Waals surface area contributed by atoms with Crippen molar-refractivity contribution in [1.82, 2.24) is 4.57 Å². The van der Waals surface area contributed by atoms with Gasteiger partial charge in [-0.2, -0.15) is 5.26 Å². The number of aliphatic hydroxyl groups excluding tert-OH is 1. The summed E-state index contributed by atoms with van der Waals surface area (Å²) in [5.74, 6) is 0.766. The molecule has 0 saturated heterocycles. The van der Waals surface area contributed by atoms with Crippen LogP contribution in [0.5, 0.6) is 5.75 Å². The van der Waals surface area contributed by atoms with E-state index in [1.54, 1.807) is 13.8 Å². The number of anilines is 1. The van der Waals surface area contributed by atoms with Crippen molar-refractivity contribution in [1.29, 1.82) is 5.26 Å². The highest BCUT2D eigenvalue weighted by Gasteiger charge is 2.28. The van der Waals surface area contributed by atoms with Crippen molar-refractivity contribution in [2.75, 3.05) is 18.5 Å². The molecule has 7 nitrogen and oxygen atoms in total. The minimum absolute atomic E-state index is 0.162. The van der Waals surface area contributed by atoms with Crippen molar-refractivity contribution < 1.29 is 19.4 Å². The van der Waals surface area contributed by atoms with E-state index in [0.29, 0.717) is 30.3 Å². The number of carbonyl (C=O) groups excluding carboxylic acids is 1. The second kappa shape index (κ2) is 10.6. The molecule has 4 rings (SSSR count). The molecule has 2 aromatic carbocycles. The van der Waals surface area contributed by atoms with Crippen molar-refractivity contribution in [3.63, 3.8) is 0 Å². The van der Waals surface area contributed by atoms with Gasteiger partial charge < -0.3 is 19.1 Å². The second-order valence-corrected chi connectivity index (χ2v) is 8.90. The summed E-state index contributed by atoms with van der Waals surface area (Å²) in [6, 6.07) is 16.2. The van der Waals surface area contributed by atoms with Crippen LogP contribution >= 0.6 is 0 Å². The van der Waals surface area contributed by atoms with E-state index in [4.69, 9.17) is 14.6 Å². The lowest BCUT2D eigenvalue weighted by molar-refractivity contribution is 0.130. The number of nitrogens with one attached hydrogen (secondary N) is 1. The van der Waals surface area contributed by atoms with Gasteiger partial charge in [0.05, 0.1) is 29.5 Å². The van der Waals surface area contributed by atoms with Crippen LogP contribution in [-0.2, 0) is 4.74 Å². The molecule has 1 aliphatic rings. The summed E-state index contributed by atoms with van der Waals surface area (Å²) in [6.07, 6.45) is 4.13. The maximum absolute atomic E-state index is 11.9. The Bertz CT molecular complexity index is 1190. The highest BCUT2D eigenvalue weighted by molar-refractivity contribution is 5.96. The average molecular weight is 462 g/mol. The molecule has 1 saturated carbocycles. The number of hydrogen-bond acceptors (Lipinski definition) is 5. The van der Waals surface area contributed by atoms with Gasteiger partial charge in [-0.1, -0.05) is 12.1 Å². The lowest BCUT2D eigenvalue weighted by Crippen LogP contribution is -2.18. The Morgan fingerprint density at radius 1 is 1.21 bits per heavy atom. The lowest BCUT2D eigenvalue weighted by atomic mass is 9.92. The Labute approximate surface area is 199 Å². The predicted molar refractivity (Wildman–Crippen MR) is 132 cm³/mol. The van der Waals surface area contributed by atoms with E-state index in [-0.39, 0.29) is 12.7 Å². The Morgan fingerprint density at radius 2 is 1.97 bits per heavy atom. The van der Waals surface area contributed by atoms with E-state index in [1.165, 1.54) is 6.42 Å². The number of aromatic nitrogens is 1. The van der Waals surface area contributed by atoms with Crippen LogP contribution in [0.3, 0.4) is 0 Å². The summed E-state index contributed by atoms with van der Waals surface area (Å²) in [4.78, 5) is 11.9. The Kier molecular flexibility index (Phi) is 7.39. The Hall–Kier alpha value is -3.50. The van der Waals surface area contributed by atoms with Crippen LogP contribution in [0, 0.1) is 11.3 Å². The molecule has 0 aliphatic heterocycles. The van der Waals surface area contributed by atoms with Gasteiger partial charge in [0.15, 0.2) is 0 Å². The first-order valence-corrected chi connectivity index (χ1v) is 11.9. The number of nitrogens with zero attached hydrogens (tertiary/aromatic N) is 2. The van der Waals surface area contributed by atoms with Crippen molar-refractivity contribution in [2.24, 2.45) is 0 Å². The molecule has 3 aromatic rings. The van der Waals surface area contributed by atoms with Crippen LogP contribution in [0.2, 0.25) is 0 Å². The first-order chi connectivity index (χ1) is 16.5. The van der Waals surface area contributed by atoms with E-state index in [9.17, 15) is 10.1 Å². The van der Waals surface area contributed by atoms with E-state index in [2.05, 4.69) is 16.0 Å². The molecule has 34 heavy (non-hydrogen) atoms. The van der Waals surface area contributed by atoms with Gasteiger partial charge in [-0.05, 0) is 75.8 Å². The number of fused-ring (bicyclic) bond motifs is 1. The standard InChI is InChI=1S/C27H31N3O4/c1-18(2)34-27(32)29-20-10-8-19(9-11-20)26-24(17-28)23-13-12-22(33-15-4-3-14-31)16-25(23)30(26)21-6-5-7-21/h8-13,16,18,21,31H,3-7,14-15H2,1-2H3,(H,29,32). The van der Waals surface area contributed by atoms with Gasteiger partial charge in [0, 0.05) is 29.8 Å². The third-order valence-corrected chi connectivity index (χ3v) is 6.10. The first kappa shape index (κ1) is 23.7. The SMILES string of the molecule is CC(C)OC(=O)Nc1ccc(-c2c(C#N)c3ccc(OCCCCO)cc3n2C2CCC2)cc1. The van der Waals surface area contributed by atoms with Crippen molar-refractivity contribution >= 4 is 22.7 Å². The van der Waals surface area contributed by atoms with E-state index in [1.807, 2.05) is 42.5 Å². The molecule has 178 valence electrons. The molecule has 0 bridgehead atoms. The zero-order chi connectivity index (χ0) is 24.1. The predicted octanol–water partition coefficient (Wildman–Crippen LogP) is 6.01. The quantitative estimate of drug-likeness (QED) is 0.380. The molecule has 0 atom stereocenters. The van der Waals surface area contributed by atoms with Gasteiger partial charge in [0.25, 0.3) is 0 Å². The van der Waals surface area contributed by atoms with Crippen molar-refractivity contribution in [3.05, 3.63) is 48.0 Å². The maximum atomic E-state index is 11.9. The number of nitriles is 1. The summed E-state index contributed by atoms with van der Waals surface area (Å²) < 4.78 is 13.3. The molecule has 0 radical (unpaired) electrons. The van der Waals surface area contributed by atoms with Gasteiger partial charge in [-0.15, -0.1) is 0 Å². The van der Waals surface area contributed by atoms with Crippen molar-refractivity contribution in [2.45, 2.75) is 58.1 Å². The number of hydrogen-bond donors (Lipinski definition) is 2. The van der Waals surface area contributed by atoms with Crippen LogP contribution in [0.15, 0.2) is 42.5 Å². The molecule has 1 aromatic heterocycles. The van der Waals surface area contributed by atoms with Crippen LogP contribution in [0.4, 0.5) is 10.5 Å². The smallest absolute Gasteiger partial charge is 0.411 e. The topological polar surface area (TPSA) is 96.5 Å². The number of carbonyl (C=O) groups is 1. The van der Waals surface area contributed by atoms with E-state index >= 15 is 0 Å². The molecule has 1 fully saturated rings. The number of aliphatic hydroxyl groups is 1. The molecule has 0 unspecified atom stereocenters. The minimum atomic E-state index is -0.490. The Balaban J connectivity index is 1.70. The summed E-state index contributed by atoms with van der Waals surface area (Å²) in [5, 5.41) is 22.7. The number of rotatable bonds is 9. The van der Waals surface area contributed by atoms with Gasteiger partial charge in [-0.25, -0.2) is 4.79 Å². The zero-order valence-corrected chi connectivity index (χ0v) is 19.7. The fourth-order valence-electron chi connectivity index (χ4n) is 4.28. The van der Waals surface area contributed by atoms with Gasteiger partial charge in [0.1, 0.15) is 11.8 Å². The van der Waals surface area contributed by atoms with Crippen LogP contribution in [-0.4, -0.2) is 35.1 Å². The summed E-state index contributed by atoms with van der Waals surface area (Å²) in [5.41, 5.74) is 4.11. The number of amides is 1. The minimum Gasteiger partial charge on any atom is -0.494 e. The van der Waals surface area contributed by atoms with Crippen LogP contribution < -0.4 is 10.1 Å². The van der Waals surface area contributed by atoms with Gasteiger partial charge in [0.2, 0.25) is 0 Å². The molecule has 7 heteroatoms. The van der Waals surface area contributed by atoms with Crippen LogP contribution in [0.1, 0.15) is 57.6 Å². The number of unbranched alkanes of at least 4 members (excludes halogenated alkanes) is 1. The average Bonchev–Trinajstić information content (AvgIpc) is 3.09. The molecule has 1 heterocycles. The summed E-state index contributed by atoms with van der Waals surface area (Å²) >= 11 is 0. The Morgan fingerprint density at radius 3 is 2.59 bits per heavy atom. The lowest BCUT2D eigenvalue weighted by Gasteiger charge is -2.30. The first-order valence-electron chi connectivity index (χ1n) is 11.9. The zero-order valence-electron chi connectivity index (χ0n) is 19.7. The molecule has 0 spiro atoms. The molecular weight excluding hydrogens is 430 g/mol. The van der Waals surface area contributed by atoms with Gasteiger partial charge in [-0.3, -0.25) is 5.32 Å². The van der Waals surface area contributed by atoms with Crippen molar-refractivity contribution in [3.8, 4) is 23.1 Å². The third kappa shape index (κ3) is 5.02. The molecular formula is C27H31N3O4. The molecule has 1 aliphatic carbocycles. The normalized spacial score (nSPS) is 13.5. The van der Waals surface area contributed by atoms with E-state index < -0.39 is 6.09 Å². The highest BCUT2D eigenvalue weighted by Crippen LogP contribution is 2.43. The fourth-order valence-corrected chi connectivity index (χ4v) is 4.28.